The van der Waals surface area contributed by atoms with E-state index in [0.717, 1.165) is 0 Å². The van der Waals surface area contributed by atoms with Crippen LogP contribution in [0.4, 0.5) is 0 Å². The summed E-state index contributed by atoms with van der Waals surface area (Å²) < 4.78 is 20.7. The third kappa shape index (κ3) is 4.79. The van der Waals surface area contributed by atoms with Crippen molar-refractivity contribution in [1.29, 1.82) is 0 Å². The van der Waals surface area contributed by atoms with Gasteiger partial charge in [-0.2, -0.15) is 0 Å². The minimum atomic E-state index is -1.76. The van der Waals surface area contributed by atoms with Crippen LogP contribution >= 0.6 is 0 Å². The van der Waals surface area contributed by atoms with Crippen LogP contribution in [0.5, 0.6) is 23.0 Å². The van der Waals surface area contributed by atoms with Crippen molar-refractivity contribution in [2.24, 2.45) is 0 Å². The lowest BCUT2D eigenvalue weighted by molar-refractivity contribution is -0.161. The molecule has 0 heterocycles. The highest BCUT2D eigenvalue weighted by atomic mass is 16.6. The van der Waals surface area contributed by atoms with Crippen LogP contribution in [0.1, 0.15) is 0 Å². The minimum absolute atomic E-state index is 0.169. The third-order valence-electron chi connectivity index (χ3n) is 3.41. The molecule has 0 saturated heterocycles. The van der Waals surface area contributed by atoms with Crippen LogP contribution in [0.2, 0.25) is 0 Å². The van der Waals surface area contributed by atoms with Gasteiger partial charge >= 0.3 is 11.9 Å². The Morgan fingerprint density at radius 1 is 0.654 bits per heavy atom. The van der Waals surface area contributed by atoms with E-state index in [4.69, 9.17) is 18.9 Å². The quantitative estimate of drug-likeness (QED) is 0.697. The molecule has 0 amide bonds. The average molecular weight is 362 g/mol. The molecule has 0 aliphatic carbocycles. The minimum Gasteiger partial charge on any atom is -0.497 e. The zero-order valence-corrected chi connectivity index (χ0v) is 14.1. The largest absolute Gasteiger partial charge is 0.497 e. The fourth-order valence-electron chi connectivity index (χ4n) is 2.09. The van der Waals surface area contributed by atoms with Gasteiger partial charge in [-0.25, -0.2) is 9.59 Å². The van der Waals surface area contributed by atoms with E-state index in [2.05, 4.69) is 0 Å². The molecule has 0 saturated carbocycles. The summed E-state index contributed by atoms with van der Waals surface area (Å²) in [4.78, 5) is 23.1. The molecule has 2 atom stereocenters. The van der Waals surface area contributed by atoms with E-state index in [-0.39, 0.29) is 11.5 Å². The van der Waals surface area contributed by atoms with Crippen molar-refractivity contribution in [3.05, 3.63) is 48.5 Å². The molecule has 0 aromatic heterocycles. The van der Waals surface area contributed by atoms with Gasteiger partial charge in [-0.05, 0) is 48.5 Å². The van der Waals surface area contributed by atoms with Gasteiger partial charge in [0.2, 0.25) is 12.2 Å². The van der Waals surface area contributed by atoms with E-state index in [9.17, 15) is 19.8 Å². The van der Waals surface area contributed by atoms with E-state index in [0.29, 0.717) is 11.5 Å². The number of methoxy groups -OCH3 is 2. The van der Waals surface area contributed by atoms with Crippen LogP contribution in [-0.4, -0.2) is 48.6 Å². The Labute approximate surface area is 149 Å². The first-order chi connectivity index (χ1) is 12.4. The Hall–Kier alpha value is -3.42. The van der Waals surface area contributed by atoms with Crippen molar-refractivity contribution in [2.45, 2.75) is 12.2 Å². The standard InChI is InChI=1S/C18H18O8/c1-23-11-3-7-13(8-4-11)25-15(17(19)20)16(18(21)22)26-14-9-5-12(24-2)6-10-14/h3-10,15-16H,1-2H3,(H,19,20)(H,21,22). The summed E-state index contributed by atoms with van der Waals surface area (Å²) in [6, 6.07) is 12.1. The maximum Gasteiger partial charge on any atom is 0.349 e. The number of benzene rings is 2. The van der Waals surface area contributed by atoms with Crippen LogP contribution in [0.15, 0.2) is 48.5 Å². The van der Waals surface area contributed by atoms with Crippen LogP contribution in [0.25, 0.3) is 0 Å². The zero-order valence-electron chi connectivity index (χ0n) is 14.1. The molecule has 26 heavy (non-hydrogen) atoms. The average Bonchev–Trinajstić information content (AvgIpc) is 2.65. The van der Waals surface area contributed by atoms with E-state index in [1.165, 1.54) is 38.5 Å². The number of ether oxygens (including phenoxy) is 4. The highest BCUT2D eigenvalue weighted by Crippen LogP contribution is 2.22. The maximum absolute atomic E-state index is 11.6. The molecule has 2 aromatic rings. The van der Waals surface area contributed by atoms with Gasteiger partial charge in [0.15, 0.2) is 0 Å². The Morgan fingerprint density at radius 2 is 0.923 bits per heavy atom. The molecule has 0 radical (unpaired) electrons. The predicted molar refractivity (Wildman–Crippen MR) is 90.1 cm³/mol. The van der Waals surface area contributed by atoms with Gasteiger partial charge in [0.1, 0.15) is 23.0 Å². The first-order valence-electron chi connectivity index (χ1n) is 7.51. The van der Waals surface area contributed by atoms with Gasteiger partial charge in [-0.3, -0.25) is 0 Å². The first-order valence-corrected chi connectivity index (χ1v) is 7.51. The van der Waals surface area contributed by atoms with Crippen molar-refractivity contribution in [2.75, 3.05) is 14.2 Å². The molecule has 0 bridgehead atoms. The van der Waals surface area contributed by atoms with Crippen LogP contribution in [-0.2, 0) is 9.59 Å². The van der Waals surface area contributed by atoms with E-state index in [1.54, 1.807) is 24.3 Å². The summed E-state index contributed by atoms with van der Waals surface area (Å²) in [7, 11) is 2.97. The molecule has 8 heteroatoms. The van der Waals surface area contributed by atoms with Crippen molar-refractivity contribution in [1.82, 2.24) is 0 Å². The number of carboxylic acid groups (broad SMARTS) is 2. The molecule has 0 aliphatic heterocycles. The van der Waals surface area contributed by atoms with Crippen molar-refractivity contribution < 1.29 is 38.7 Å². The molecular weight excluding hydrogens is 344 g/mol. The summed E-state index contributed by atoms with van der Waals surface area (Å²) in [5.74, 6) is -1.50. The van der Waals surface area contributed by atoms with Crippen molar-refractivity contribution in [3.8, 4) is 23.0 Å². The Kier molecular flexibility index (Phi) is 6.26. The second kappa shape index (κ2) is 8.61. The molecule has 0 aliphatic rings. The number of aliphatic carboxylic acids is 2. The summed E-state index contributed by atoms with van der Waals surface area (Å²) in [5.41, 5.74) is 0. The first kappa shape index (κ1) is 18.9. The summed E-state index contributed by atoms with van der Waals surface area (Å²) in [5, 5.41) is 18.8. The monoisotopic (exact) mass is 362 g/mol. The lowest BCUT2D eigenvalue weighted by Gasteiger charge is -2.22. The van der Waals surface area contributed by atoms with Gasteiger partial charge < -0.3 is 29.2 Å². The summed E-state index contributed by atoms with van der Waals surface area (Å²) in [6.45, 7) is 0. The summed E-state index contributed by atoms with van der Waals surface area (Å²) in [6.07, 6.45) is -3.52. The topological polar surface area (TPSA) is 112 Å². The van der Waals surface area contributed by atoms with Gasteiger partial charge in [0.25, 0.3) is 0 Å². The van der Waals surface area contributed by atoms with Crippen LogP contribution < -0.4 is 18.9 Å². The molecule has 2 rings (SSSR count). The summed E-state index contributed by atoms with van der Waals surface area (Å²) >= 11 is 0. The third-order valence-corrected chi connectivity index (χ3v) is 3.41. The second-order valence-electron chi connectivity index (χ2n) is 5.10. The smallest absolute Gasteiger partial charge is 0.349 e. The van der Waals surface area contributed by atoms with Gasteiger partial charge in [0.05, 0.1) is 14.2 Å². The molecule has 2 aromatic carbocycles. The molecule has 8 nitrogen and oxygen atoms in total. The van der Waals surface area contributed by atoms with E-state index < -0.39 is 24.1 Å². The van der Waals surface area contributed by atoms with Crippen LogP contribution in [0, 0.1) is 0 Å². The van der Waals surface area contributed by atoms with Gasteiger partial charge in [-0.1, -0.05) is 0 Å². The molecule has 138 valence electrons. The number of hydrogen-bond acceptors (Lipinski definition) is 6. The highest BCUT2D eigenvalue weighted by molar-refractivity contribution is 5.84. The Bertz CT molecular complexity index is 673. The van der Waals surface area contributed by atoms with Crippen molar-refractivity contribution >= 4 is 11.9 Å². The number of hydrogen-bond donors (Lipinski definition) is 2. The Morgan fingerprint density at radius 3 is 1.15 bits per heavy atom. The van der Waals surface area contributed by atoms with E-state index in [1.807, 2.05) is 0 Å². The SMILES string of the molecule is COc1ccc(OC(C(=O)O)C(Oc2ccc(OC)cc2)C(=O)O)cc1. The lowest BCUT2D eigenvalue weighted by Crippen LogP contribution is -2.47. The lowest BCUT2D eigenvalue weighted by atomic mass is 10.2. The van der Waals surface area contributed by atoms with Gasteiger partial charge in [-0.15, -0.1) is 0 Å². The molecule has 2 N–H and O–H groups in total. The van der Waals surface area contributed by atoms with Crippen molar-refractivity contribution in [3.63, 3.8) is 0 Å². The molecule has 2 unspecified atom stereocenters. The normalized spacial score (nSPS) is 12.5. The molecule has 0 spiro atoms. The Balaban J connectivity index is 2.20. The highest BCUT2D eigenvalue weighted by Gasteiger charge is 2.38. The number of rotatable bonds is 9. The second-order valence-corrected chi connectivity index (χ2v) is 5.10. The van der Waals surface area contributed by atoms with Gasteiger partial charge in [0, 0.05) is 0 Å². The molecular formula is C18H18O8. The van der Waals surface area contributed by atoms with E-state index >= 15 is 0 Å². The number of carbonyl (C=O) groups is 2. The van der Waals surface area contributed by atoms with Crippen LogP contribution in [0.3, 0.4) is 0 Å². The number of carboxylic acids is 2. The fraction of sp³-hybridized carbons (Fsp3) is 0.222. The fourth-order valence-corrected chi connectivity index (χ4v) is 2.09. The molecule has 0 fully saturated rings. The predicted octanol–water partition coefficient (Wildman–Crippen LogP) is 2.07. The maximum atomic E-state index is 11.6. The zero-order chi connectivity index (χ0) is 19.1.